The number of aliphatic hydroxyl groups is 1. The molecule has 1 aliphatic rings. The Morgan fingerprint density at radius 1 is 1.03 bits per heavy atom. The number of carbonyl (C=O) groups is 6. The summed E-state index contributed by atoms with van der Waals surface area (Å²) in [6, 6.07) is -5.24. The van der Waals surface area contributed by atoms with Crippen LogP contribution >= 0.6 is 0 Å². The summed E-state index contributed by atoms with van der Waals surface area (Å²) < 4.78 is 0. The molecule has 0 aromatic heterocycles. The molecule has 0 spiro atoms. The second-order valence-electron chi connectivity index (χ2n) is 7.44. The SMILES string of the molecule is CC(O)C(NC(=O)C1CCCN1)C(=O)NC(CCC(N)=O)C(=O)NC(CC(=O)O)C(=O)O. The Labute approximate surface area is 183 Å². The monoisotopic (exact) mass is 459 g/mol. The summed E-state index contributed by atoms with van der Waals surface area (Å²) in [6.45, 7) is 1.87. The van der Waals surface area contributed by atoms with Crippen LogP contribution in [0.25, 0.3) is 0 Å². The first-order valence-corrected chi connectivity index (χ1v) is 9.97. The smallest absolute Gasteiger partial charge is 0.326 e. The number of aliphatic carboxylic acids is 2. The standard InChI is InChI=1S/C18H29N5O9/c1-8(24)14(23-15(28)9-3-2-6-20-9)17(30)21-10(4-5-12(19)25)16(29)22-11(18(31)32)7-13(26)27/h8-11,14,20,24H,2-7H2,1H3,(H2,19,25)(H,21,30)(H,22,29)(H,23,28)(H,26,27)(H,31,32). The molecule has 14 heteroatoms. The van der Waals surface area contributed by atoms with Gasteiger partial charge in [0.15, 0.2) is 0 Å². The van der Waals surface area contributed by atoms with Gasteiger partial charge in [0.1, 0.15) is 18.1 Å². The predicted octanol–water partition coefficient (Wildman–Crippen LogP) is -3.60. The lowest BCUT2D eigenvalue weighted by Gasteiger charge is -2.26. The number of carbonyl (C=O) groups excluding carboxylic acids is 4. The van der Waals surface area contributed by atoms with Crippen LogP contribution in [0.3, 0.4) is 0 Å². The number of hydrogen-bond donors (Lipinski definition) is 8. The molecule has 0 aromatic rings. The molecule has 1 aliphatic heterocycles. The number of carboxylic acid groups (broad SMARTS) is 2. The molecular weight excluding hydrogens is 430 g/mol. The van der Waals surface area contributed by atoms with Crippen molar-refractivity contribution in [3.63, 3.8) is 0 Å². The highest BCUT2D eigenvalue weighted by Crippen LogP contribution is 2.07. The van der Waals surface area contributed by atoms with Gasteiger partial charge in [-0.05, 0) is 32.7 Å². The number of aliphatic hydroxyl groups excluding tert-OH is 1. The summed E-state index contributed by atoms with van der Waals surface area (Å²) in [5.74, 6) is -6.44. The molecule has 4 amide bonds. The lowest BCUT2D eigenvalue weighted by atomic mass is 10.1. The fourth-order valence-corrected chi connectivity index (χ4v) is 3.03. The zero-order valence-corrected chi connectivity index (χ0v) is 17.5. The third-order valence-corrected chi connectivity index (χ3v) is 4.75. The van der Waals surface area contributed by atoms with Gasteiger partial charge in [-0.25, -0.2) is 4.79 Å². The zero-order chi connectivity index (χ0) is 24.4. The highest BCUT2D eigenvalue weighted by Gasteiger charge is 2.33. The van der Waals surface area contributed by atoms with E-state index in [9.17, 15) is 33.9 Å². The Kier molecular flexibility index (Phi) is 10.5. The highest BCUT2D eigenvalue weighted by molar-refractivity contribution is 5.95. The van der Waals surface area contributed by atoms with Gasteiger partial charge in [0, 0.05) is 6.42 Å². The normalized spacial score (nSPS) is 19.1. The van der Waals surface area contributed by atoms with Crippen molar-refractivity contribution in [1.29, 1.82) is 0 Å². The highest BCUT2D eigenvalue weighted by atomic mass is 16.4. The van der Waals surface area contributed by atoms with Crippen molar-refractivity contribution in [2.75, 3.05) is 6.54 Å². The maximum absolute atomic E-state index is 12.7. The molecule has 0 bridgehead atoms. The second kappa shape index (κ2) is 12.6. The summed E-state index contributed by atoms with van der Waals surface area (Å²) in [5, 5.41) is 37.4. The maximum atomic E-state index is 12.7. The minimum atomic E-state index is -1.78. The van der Waals surface area contributed by atoms with Crippen molar-refractivity contribution < 1.29 is 44.1 Å². The average Bonchev–Trinajstić information content (AvgIpc) is 3.22. The van der Waals surface area contributed by atoms with E-state index in [1.54, 1.807) is 0 Å². The Bertz CT molecular complexity index is 736. The summed E-state index contributed by atoms with van der Waals surface area (Å²) in [7, 11) is 0. The van der Waals surface area contributed by atoms with E-state index in [0.29, 0.717) is 13.0 Å². The second-order valence-corrected chi connectivity index (χ2v) is 7.44. The van der Waals surface area contributed by atoms with Gasteiger partial charge in [0.2, 0.25) is 23.6 Å². The van der Waals surface area contributed by atoms with Crippen LogP contribution in [0.1, 0.15) is 39.0 Å². The summed E-state index contributed by atoms with van der Waals surface area (Å²) in [6.07, 6.45) is -1.63. The molecule has 5 unspecified atom stereocenters. The fourth-order valence-electron chi connectivity index (χ4n) is 3.03. The van der Waals surface area contributed by atoms with Crippen LogP contribution in [0.5, 0.6) is 0 Å². The van der Waals surface area contributed by atoms with Gasteiger partial charge in [0.05, 0.1) is 18.6 Å². The van der Waals surface area contributed by atoms with Crippen molar-refractivity contribution in [1.82, 2.24) is 21.3 Å². The first-order valence-electron chi connectivity index (χ1n) is 9.97. The van der Waals surface area contributed by atoms with Gasteiger partial charge in [-0.3, -0.25) is 24.0 Å². The van der Waals surface area contributed by atoms with Gasteiger partial charge in [-0.1, -0.05) is 0 Å². The van der Waals surface area contributed by atoms with Crippen LogP contribution in [-0.4, -0.2) is 87.7 Å². The number of nitrogens with one attached hydrogen (secondary N) is 4. The van der Waals surface area contributed by atoms with E-state index >= 15 is 0 Å². The minimum Gasteiger partial charge on any atom is -0.481 e. The molecule has 32 heavy (non-hydrogen) atoms. The third-order valence-electron chi connectivity index (χ3n) is 4.75. The first kappa shape index (κ1) is 26.8. The number of rotatable bonds is 13. The van der Waals surface area contributed by atoms with Gasteiger partial charge in [0.25, 0.3) is 0 Å². The van der Waals surface area contributed by atoms with Crippen molar-refractivity contribution in [3.8, 4) is 0 Å². The van der Waals surface area contributed by atoms with Crippen LogP contribution in [0.2, 0.25) is 0 Å². The van der Waals surface area contributed by atoms with Crippen LogP contribution in [0.4, 0.5) is 0 Å². The molecule has 1 rings (SSSR count). The largest absolute Gasteiger partial charge is 0.481 e. The Balaban J connectivity index is 2.92. The molecule has 1 heterocycles. The van der Waals surface area contributed by atoms with E-state index in [1.807, 2.05) is 5.32 Å². The zero-order valence-electron chi connectivity index (χ0n) is 17.5. The Morgan fingerprint density at radius 2 is 1.66 bits per heavy atom. The molecule has 1 fully saturated rings. The minimum absolute atomic E-state index is 0.322. The molecule has 180 valence electrons. The number of amides is 4. The maximum Gasteiger partial charge on any atom is 0.326 e. The third kappa shape index (κ3) is 8.85. The van der Waals surface area contributed by atoms with Crippen LogP contribution in [0, 0.1) is 0 Å². The molecule has 9 N–H and O–H groups in total. The molecule has 0 aliphatic carbocycles. The quantitative estimate of drug-likeness (QED) is 0.135. The molecular formula is C18H29N5O9. The van der Waals surface area contributed by atoms with Crippen LogP contribution in [-0.2, 0) is 28.8 Å². The van der Waals surface area contributed by atoms with Crippen molar-refractivity contribution in [2.45, 2.75) is 69.3 Å². The number of nitrogens with two attached hydrogens (primary N) is 1. The molecule has 14 nitrogen and oxygen atoms in total. The Hall–Kier alpha value is -3.26. The Morgan fingerprint density at radius 3 is 2.12 bits per heavy atom. The summed E-state index contributed by atoms with van der Waals surface area (Å²) in [5.41, 5.74) is 5.07. The van der Waals surface area contributed by atoms with Crippen molar-refractivity contribution in [3.05, 3.63) is 0 Å². The van der Waals surface area contributed by atoms with Crippen LogP contribution < -0.4 is 27.0 Å². The van der Waals surface area contributed by atoms with Gasteiger partial charge >= 0.3 is 11.9 Å². The van der Waals surface area contributed by atoms with E-state index in [2.05, 4.69) is 16.0 Å². The van der Waals surface area contributed by atoms with E-state index in [1.165, 1.54) is 6.92 Å². The van der Waals surface area contributed by atoms with Crippen molar-refractivity contribution >= 4 is 35.6 Å². The number of carboxylic acids is 2. The van der Waals surface area contributed by atoms with E-state index in [-0.39, 0.29) is 12.8 Å². The summed E-state index contributed by atoms with van der Waals surface area (Å²) in [4.78, 5) is 70.6. The molecule has 0 saturated carbocycles. The fraction of sp³-hybridized carbons (Fsp3) is 0.667. The molecule has 1 saturated heterocycles. The first-order chi connectivity index (χ1) is 14.9. The van der Waals surface area contributed by atoms with Gasteiger partial charge in [-0.2, -0.15) is 0 Å². The average molecular weight is 459 g/mol. The van der Waals surface area contributed by atoms with Gasteiger partial charge < -0.3 is 42.3 Å². The van der Waals surface area contributed by atoms with Crippen LogP contribution in [0.15, 0.2) is 0 Å². The lowest BCUT2D eigenvalue weighted by Crippen LogP contribution is -2.59. The van der Waals surface area contributed by atoms with E-state index in [4.69, 9.17) is 15.9 Å². The van der Waals surface area contributed by atoms with E-state index in [0.717, 1.165) is 6.42 Å². The predicted molar refractivity (Wildman–Crippen MR) is 107 cm³/mol. The molecule has 0 aromatic carbocycles. The molecule has 0 radical (unpaired) electrons. The summed E-state index contributed by atoms with van der Waals surface area (Å²) >= 11 is 0. The van der Waals surface area contributed by atoms with E-state index < -0.39 is 72.3 Å². The lowest BCUT2D eigenvalue weighted by molar-refractivity contribution is -0.147. The number of primary amides is 1. The molecule has 5 atom stereocenters. The topological polar surface area (TPSA) is 237 Å². The number of hydrogen-bond acceptors (Lipinski definition) is 8. The van der Waals surface area contributed by atoms with Gasteiger partial charge in [-0.15, -0.1) is 0 Å². The van der Waals surface area contributed by atoms with Crippen molar-refractivity contribution in [2.24, 2.45) is 5.73 Å².